The van der Waals surface area contributed by atoms with Crippen molar-refractivity contribution in [2.75, 3.05) is 6.61 Å². The van der Waals surface area contributed by atoms with Gasteiger partial charge in [-0.05, 0) is 18.2 Å². The predicted molar refractivity (Wildman–Crippen MR) is 78.0 cm³/mol. The summed E-state index contributed by atoms with van der Waals surface area (Å²) in [4.78, 5) is 25.4. The maximum atomic E-state index is 11.8. The van der Waals surface area contributed by atoms with E-state index in [1.807, 2.05) is 0 Å². The number of carboxylic acids is 1. The molecular formula is C16H16N2O7. The average molecular weight is 348 g/mol. The molecule has 0 radical (unpaired) electrons. The molecule has 3 N–H and O–H groups in total. The minimum Gasteiger partial charge on any atom is -0.545 e. The van der Waals surface area contributed by atoms with E-state index in [9.17, 15) is 24.9 Å². The second-order valence-electron chi connectivity index (χ2n) is 5.56. The number of hydrogen-bond acceptors (Lipinski definition) is 7. The molecule has 3 rings (SSSR count). The Balaban J connectivity index is 1.67. The Labute approximate surface area is 142 Å². The standard InChI is InChI=1S/C16H16N2O7/c19-12-11(8-24-16(23)10-4-1-5-17-10)25-14(13(12)20)18-6-2-3-9(7-18)15(21)22/h1-7,11-14,19-20H,8H2,(H-,17,21,22,23). The third-order valence-electron chi connectivity index (χ3n) is 3.89. The molecular weight excluding hydrogens is 332 g/mol. The van der Waals surface area contributed by atoms with Crippen molar-refractivity contribution in [1.82, 2.24) is 4.98 Å². The van der Waals surface area contributed by atoms with E-state index in [4.69, 9.17) is 9.47 Å². The summed E-state index contributed by atoms with van der Waals surface area (Å²) in [6, 6.07) is 5.96. The number of H-pyrrole nitrogens is 1. The van der Waals surface area contributed by atoms with Crippen LogP contribution in [0.15, 0.2) is 42.9 Å². The van der Waals surface area contributed by atoms with Crippen molar-refractivity contribution < 1.29 is 38.9 Å². The molecule has 1 aliphatic heterocycles. The van der Waals surface area contributed by atoms with Crippen molar-refractivity contribution >= 4 is 11.9 Å². The second-order valence-corrected chi connectivity index (χ2v) is 5.56. The highest BCUT2D eigenvalue weighted by atomic mass is 16.6. The number of pyridine rings is 1. The van der Waals surface area contributed by atoms with E-state index in [2.05, 4.69) is 4.98 Å². The molecule has 25 heavy (non-hydrogen) atoms. The molecule has 4 unspecified atom stereocenters. The van der Waals surface area contributed by atoms with Gasteiger partial charge < -0.3 is 34.6 Å². The SMILES string of the molecule is O=C([O-])c1ccc[n+](C2OC(COC(=O)c3ccc[nH]3)C(O)C2O)c1. The lowest BCUT2D eigenvalue weighted by Crippen LogP contribution is -2.46. The van der Waals surface area contributed by atoms with Crippen LogP contribution in [0.3, 0.4) is 0 Å². The van der Waals surface area contributed by atoms with E-state index < -0.39 is 36.5 Å². The van der Waals surface area contributed by atoms with Crippen LogP contribution in [0.25, 0.3) is 0 Å². The van der Waals surface area contributed by atoms with E-state index in [0.29, 0.717) is 0 Å². The zero-order valence-electron chi connectivity index (χ0n) is 12.9. The number of carboxylic acid groups (broad SMARTS) is 1. The summed E-state index contributed by atoms with van der Waals surface area (Å²) in [5, 5.41) is 31.2. The summed E-state index contributed by atoms with van der Waals surface area (Å²) >= 11 is 0. The summed E-state index contributed by atoms with van der Waals surface area (Å²) in [6.07, 6.45) is -0.333. The lowest BCUT2D eigenvalue weighted by molar-refractivity contribution is -0.765. The number of esters is 1. The van der Waals surface area contributed by atoms with Gasteiger partial charge in [0.05, 0.1) is 11.5 Å². The Morgan fingerprint density at radius 3 is 2.76 bits per heavy atom. The minimum atomic E-state index is -1.38. The Morgan fingerprint density at radius 1 is 1.28 bits per heavy atom. The molecule has 4 atom stereocenters. The Morgan fingerprint density at radius 2 is 2.08 bits per heavy atom. The normalized spacial score (nSPS) is 25.7. The third kappa shape index (κ3) is 3.53. The molecule has 1 fully saturated rings. The largest absolute Gasteiger partial charge is 0.545 e. The Bertz CT molecular complexity index is 762. The van der Waals surface area contributed by atoms with Crippen LogP contribution in [-0.4, -0.2) is 52.1 Å². The molecule has 9 heteroatoms. The van der Waals surface area contributed by atoms with Crippen LogP contribution >= 0.6 is 0 Å². The summed E-state index contributed by atoms with van der Waals surface area (Å²) in [7, 11) is 0. The first-order valence-corrected chi connectivity index (χ1v) is 7.51. The highest BCUT2D eigenvalue weighted by molar-refractivity contribution is 5.87. The molecule has 1 saturated heterocycles. The number of nitrogens with zero attached hydrogens (tertiary/aromatic N) is 1. The number of aromatic carboxylic acids is 1. The average Bonchev–Trinajstić information content (AvgIpc) is 3.23. The number of carbonyl (C=O) groups excluding carboxylic acids is 2. The molecule has 132 valence electrons. The second kappa shape index (κ2) is 7.01. The van der Waals surface area contributed by atoms with Crippen LogP contribution in [0.5, 0.6) is 0 Å². The third-order valence-corrected chi connectivity index (χ3v) is 3.89. The summed E-state index contributed by atoms with van der Waals surface area (Å²) in [5.41, 5.74) is 0.148. The number of aliphatic hydroxyl groups is 2. The number of ether oxygens (including phenoxy) is 2. The number of aromatic nitrogens is 2. The van der Waals surface area contributed by atoms with Gasteiger partial charge in [-0.2, -0.15) is 4.57 Å². The van der Waals surface area contributed by atoms with Crippen molar-refractivity contribution in [3.05, 3.63) is 54.1 Å². The summed E-state index contributed by atoms with van der Waals surface area (Å²) < 4.78 is 11.9. The molecule has 0 aromatic carbocycles. The highest BCUT2D eigenvalue weighted by Gasteiger charge is 2.48. The Hall–Kier alpha value is -2.75. The van der Waals surface area contributed by atoms with E-state index in [-0.39, 0.29) is 17.9 Å². The number of rotatable bonds is 5. The van der Waals surface area contributed by atoms with E-state index in [1.165, 1.54) is 35.2 Å². The number of nitrogens with one attached hydrogen (secondary N) is 1. The van der Waals surface area contributed by atoms with E-state index >= 15 is 0 Å². The van der Waals surface area contributed by atoms with Gasteiger partial charge >= 0.3 is 5.97 Å². The lowest BCUT2D eigenvalue weighted by atomic mass is 10.1. The van der Waals surface area contributed by atoms with Crippen LogP contribution in [-0.2, 0) is 9.47 Å². The fourth-order valence-electron chi connectivity index (χ4n) is 2.58. The molecule has 0 aliphatic carbocycles. The summed E-state index contributed by atoms with van der Waals surface area (Å²) in [6.45, 7) is -0.271. The van der Waals surface area contributed by atoms with Crippen molar-refractivity contribution in [2.24, 2.45) is 0 Å². The molecule has 2 aromatic heterocycles. The predicted octanol–water partition coefficient (Wildman–Crippen LogP) is -1.86. The van der Waals surface area contributed by atoms with Crippen molar-refractivity contribution in [2.45, 2.75) is 24.5 Å². The maximum absolute atomic E-state index is 11.8. The number of aliphatic hydroxyl groups excluding tert-OH is 2. The van der Waals surface area contributed by atoms with Crippen LogP contribution in [0.1, 0.15) is 27.1 Å². The van der Waals surface area contributed by atoms with Gasteiger partial charge in [0.25, 0.3) is 6.23 Å². The van der Waals surface area contributed by atoms with Crippen LogP contribution in [0, 0.1) is 0 Å². The molecule has 0 bridgehead atoms. The molecule has 9 nitrogen and oxygen atoms in total. The Kier molecular flexibility index (Phi) is 4.79. The van der Waals surface area contributed by atoms with Gasteiger partial charge in [-0.15, -0.1) is 0 Å². The van der Waals surface area contributed by atoms with Gasteiger partial charge in [-0.3, -0.25) is 0 Å². The van der Waals surface area contributed by atoms with E-state index in [0.717, 1.165) is 0 Å². The first-order valence-electron chi connectivity index (χ1n) is 7.51. The maximum Gasteiger partial charge on any atom is 0.354 e. The quantitative estimate of drug-likeness (QED) is 0.426. The van der Waals surface area contributed by atoms with Crippen molar-refractivity contribution in [3.63, 3.8) is 0 Å². The first kappa shape index (κ1) is 17.1. The zero-order valence-corrected chi connectivity index (χ0v) is 12.9. The molecule has 3 heterocycles. The van der Waals surface area contributed by atoms with Gasteiger partial charge in [0.1, 0.15) is 24.5 Å². The lowest BCUT2D eigenvalue weighted by Gasteiger charge is -2.13. The highest BCUT2D eigenvalue weighted by Crippen LogP contribution is 2.26. The fourth-order valence-corrected chi connectivity index (χ4v) is 2.58. The molecule has 1 aliphatic rings. The van der Waals surface area contributed by atoms with Gasteiger partial charge in [-0.25, -0.2) is 4.79 Å². The monoisotopic (exact) mass is 348 g/mol. The van der Waals surface area contributed by atoms with Crippen LogP contribution in [0.4, 0.5) is 0 Å². The number of aromatic amines is 1. The minimum absolute atomic E-state index is 0.102. The topological polar surface area (TPSA) is 136 Å². The number of hydrogen-bond donors (Lipinski definition) is 3. The van der Waals surface area contributed by atoms with Crippen molar-refractivity contribution in [1.29, 1.82) is 0 Å². The summed E-state index contributed by atoms with van der Waals surface area (Å²) in [5.74, 6) is -2.00. The molecule has 0 spiro atoms. The van der Waals surface area contributed by atoms with Gasteiger partial charge in [0, 0.05) is 12.3 Å². The molecule has 0 amide bonds. The van der Waals surface area contributed by atoms with Gasteiger partial charge in [-0.1, -0.05) is 0 Å². The van der Waals surface area contributed by atoms with Gasteiger partial charge in [0.15, 0.2) is 18.5 Å². The van der Waals surface area contributed by atoms with Gasteiger partial charge in [0.2, 0.25) is 0 Å². The van der Waals surface area contributed by atoms with Crippen molar-refractivity contribution in [3.8, 4) is 0 Å². The van der Waals surface area contributed by atoms with Crippen LogP contribution < -0.4 is 9.67 Å². The zero-order chi connectivity index (χ0) is 18.0. The first-order chi connectivity index (χ1) is 12.0. The molecule has 0 saturated carbocycles. The molecule has 2 aromatic rings. The smallest absolute Gasteiger partial charge is 0.354 e. The van der Waals surface area contributed by atoms with E-state index in [1.54, 1.807) is 12.3 Å². The van der Waals surface area contributed by atoms with Crippen LogP contribution in [0.2, 0.25) is 0 Å². The number of carbonyl (C=O) groups is 2. The fraction of sp³-hybridized carbons (Fsp3) is 0.312.